The fourth-order valence-corrected chi connectivity index (χ4v) is 3.36. The zero-order chi connectivity index (χ0) is 36.9. The molecule has 16 nitrogen and oxygen atoms in total. The molecule has 0 aliphatic heterocycles. The van der Waals surface area contributed by atoms with Crippen molar-refractivity contribution in [3.05, 3.63) is 118 Å². The molecule has 0 saturated carbocycles. The van der Waals surface area contributed by atoms with E-state index in [9.17, 15) is 33.2 Å². The summed E-state index contributed by atoms with van der Waals surface area (Å²) >= 11 is 0. The van der Waals surface area contributed by atoms with E-state index in [0.717, 1.165) is 29.8 Å². The first kappa shape index (κ1) is 38.9. The van der Waals surface area contributed by atoms with Gasteiger partial charge in [-0.05, 0) is 67.6 Å². The maximum absolute atomic E-state index is 12.4. The lowest BCUT2D eigenvalue weighted by molar-refractivity contribution is 0.0681. The number of carboxylic acid groups (broad SMARTS) is 6. The molecule has 0 bridgehead atoms. The van der Waals surface area contributed by atoms with E-state index in [-0.39, 0.29) is 50.4 Å². The van der Waals surface area contributed by atoms with Crippen LogP contribution in [-0.4, -0.2) is 66.5 Å². The van der Waals surface area contributed by atoms with Crippen LogP contribution < -0.4 is 22.9 Å². The highest BCUT2D eigenvalue weighted by Crippen LogP contribution is 2.17. The van der Waals surface area contributed by atoms with Gasteiger partial charge in [-0.1, -0.05) is 17.7 Å². The Morgan fingerprint density at radius 3 is 1.29 bits per heavy atom. The summed E-state index contributed by atoms with van der Waals surface area (Å²) in [5.41, 5.74) is 21.6. The Morgan fingerprint density at radius 1 is 0.479 bits per heavy atom. The number of carbonyl (C=O) groups is 6. The van der Waals surface area contributed by atoms with E-state index in [0.29, 0.717) is 5.69 Å². The normalized spacial score (nSPS) is 9.54. The summed E-state index contributed by atoms with van der Waals surface area (Å²) < 4.78 is 12.4. The molecule has 0 aliphatic carbocycles. The largest absolute Gasteiger partial charge is 0.478 e. The molecule has 0 saturated heterocycles. The van der Waals surface area contributed by atoms with Gasteiger partial charge in [0.05, 0.1) is 44.8 Å². The maximum Gasteiger partial charge on any atom is 0.337 e. The van der Waals surface area contributed by atoms with Crippen molar-refractivity contribution in [2.45, 2.75) is 6.92 Å². The van der Waals surface area contributed by atoms with Gasteiger partial charge in [0, 0.05) is 11.4 Å². The zero-order valence-corrected chi connectivity index (χ0v) is 24.7. The average molecular weight is 669 g/mol. The van der Waals surface area contributed by atoms with Gasteiger partial charge in [0.25, 0.3) is 0 Å². The van der Waals surface area contributed by atoms with Crippen molar-refractivity contribution in [2.24, 2.45) is 0 Å². The van der Waals surface area contributed by atoms with Crippen LogP contribution in [-0.2, 0) is 0 Å². The number of anilines is 4. The predicted molar refractivity (Wildman–Crippen MR) is 170 cm³/mol. The van der Waals surface area contributed by atoms with Gasteiger partial charge in [-0.25, -0.2) is 33.2 Å². The average Bonchev–Trinajstić information content (AvgIpc) is 3.00. The lowest BCUT2D eigenvalue weighted by atomic mass is 10.1. The Kier molecular flexibility index (Phi) is 14.0. The molecule has 0 fully saturated rings. The molecule has 0 aliphatic rings. The van der Waals surface area contributed by atoms with Crippen molar-refractivity contribution >= 4 is 58.6 Å². The number of halogens is 1. The van der Waals surface area contributed by atoms with Crippen molar-refractivity contribution in [3.8, 4) is 0 Å². The number of aromatic carboxylic acids is 6. The molecular formula is C31H29FN4O12. The summed E-state index contributed by atoms with van der Waals surface area (Å²) in [6.45, 7) is 1.83. The molecule has 0 amide bonds. The molecule has 0 spiro atoms. The van der Waals surface area contributed by atoms with Gasteiger partial charge in [0.1, 0.15) is 5.82 Å². The Labute approximate surface area is 269 Å². The van der Waals surface area contributed by atoms with E-state index in [1.54, 1.807) is 18.2 Å². The Balaban J connectivity index is 0.000000321. The Hall–Kier alpha value is -7.17. The van der Waals surface area contributed by atoms with Crippen LogP contribution in [0.25, 0.3) is 0 Å². The van der Waals surface area contributed by atoms with E-state index >= 15 is 0 Å². The smallest absolute Gasteiger partial charge is 0.337 e. The lowest BCUT2D eigenvalue weighted by Gasteiger charge is -2.03. The fraction of sp³-hybridized carbons (Fsp3) is 0.0323. The summed E-state index contributed by atoms with van der Waals surface area (Å²) in [6.07, 6.45) is 0. The van der Waals surface area contributed by atoms with E-state index in [4.69, 9.17) is 53.6 Å². The van der Waals surface area contributed by atoms with Gasteiger partial charge in [0.2, 0.25) is 0 Å². The lowest BCUT2D eigenvalue weighted by Crippen LogP contribution is -2.08. The van der Waals surface area contributed by atoms with Crippen LogP contribution >= 0.6 is 0 Å². The molecule has 0 aromatic heterocycles. The number of aryl methyl sites for hydroxylation is 1. The quantitative estimate of drug-likeness (QED) is 0.131. The minimum atomic E-state index is -1.24. The van der Waals surface area contributed by atoms with Crippen molar-refractivity contribution in [1.82, 2.24) is 0 Å². The van der Waals surface area contributed by atoms with Gasteiger partial charge in [-0.3, -0.25) is 0 Å². The Morgan fingerprint density at radius 2 is 0.917 bits per heavy atom. The minimum Gasteiger partial charge on any atom is -0.478 e. The third kappa shape index (κ3) is 11.4. The van der Waals surface area contributed by atoms with E-state index in [1.165, 1.54) is 30.3 Å². The number of carboxylic acids is 6. The molecule has 0 unspecified atom stereocenters. The molecule has 14 N–H and O–H groups in total. The van der Waals surface area contributed by atoms with E-state index in [2.05, 4.69) is 0 Å². The highest BCUT2D eigenvalue weighted by atomic mass is 19.1. The third-order valence-electron chi connectivity index (χ3n) is 5.78. The second-order valence-corrected chi connectivity index (χ2v) is 9.23. The number of rotatable bonds is 6. The first-order valence-electron chi connectivity index (χ1n) is 12.9. The molecule has 252 valence electrons. The number of hydrogen-bond donors (Lipinski definition) is 10. The molecule has 0 atom stereocenters. The molecule has 48 heavy (non-hydrogen) atoms. The second kappa shape index (κ2) is 17.4. The molecule has 4 aromatic carbocycles. The predicted octanol–water partition coefficient (Wildman–Crippen LogP) is 3.71. The number of nitrogens with two attached hydrogens (primary N) is 4. The highest BCUT2D eigenvalue weighted by Gasteiger charge is 2.15. The van der Waals surface area contributed by atoms with Gasteiger partial charge in [-0.15, -0.1) is 0 Å². The number of para-hydroxylation sites is 1. The summed E-state index contributed by atoms with van der Waals surface area (Å²) in [7, 11) is 0. The number of hydrogen-bond acceptors (Lipinski definition) is 10. The first-order valence-corrected chi connectivity index (χ1v) is 12.9. The highest BCUT2D eigenvalue weighted by molar-refractivity contribution is 6.02. The minimum absolute atomic E-state index is 0.0103. The standard InChI is InChI=1S/2C8H7NO4.C8H9NO2.C7H6FNO2/c9-6-3-4(7(10)11)1-2-5(6)8(12)13;9-6-4(7(10)11)2-1-3-5(6)8(12)13;1-5-2-3-7(9)6(4-5)8(10)11;8-5-2-1-4(7(10)11)3-6(5)9/h2*1-3H,9H2,(H,10,11)(H,12,13);2-4H,9H2,1H3,(H,10,11);1-3H,9H2,(H,10,11). The second-order valence-electron chi connectivity index (χ2n) is 9.23. The fourth-order valence-electron chi connectivity index (χ4n) is 3.36. The molecular weight excluding hydrogens is 639 g/mol. The van der Waals surface area contributed by atoms with Crippen LogP contribution in [0.4, 0.5) is 27.1 Å². The van der Waals surface area contributed by atoms with Gasteiger partial charge < -0.3 is 53.6 Å². The van der Waals surface area contributed by atoms with Crippen LogP contribution in [0.1, 0.15) is 67.7 Å². The summed E-state index contributed by atoms with van der Waals surface area (Å²) in [5, 5.41) is 51.3. The van der Waals surface area contributed by atoms with Crippen molar-refractivity contribution in [1.29, 1.82) is 0 Å². The maximum atomic E-state index is 12.4. The van der Waals surface area contributed by atoms with Crippen LogP contribution in [0.5, 0.6) is 0 Å². The SMILES string of the molecule is Cc1ccc(N)c(C(=O)O)c1.Nc1c(C(=O)O)cccc1C(=O)O.Nc1cc(C(=O)O)ccc1C(=O)O.Nc1cc(C(=O)O)ccc1F. The van der Waals surface area contributed by atoms with Gasteiger partial charge >= 0.3 is 35.8 Å². The van der Waals surface area contributed by atoms with Crippen LogP contribution in [0, 0.1) is 12.7 Å². The molecule has 17 heteroatoms. The first-order chi connectivity index (χ1) is 22.3. The van der Waals surface area contributed by atoms with Gasteiger partial charge in [-0.2, -0.15) is 0 Å². The van der Waals surface area contributed by atoms with Crippen LogP contribution in [0.15, 0.2) is 72.8 Å². The van der Waals surface area contributed by atoms with Crippen LogP contribution in [0.3, 0.4) is 0 Å². The Bertz CT molecular complexity index is 1850. The molecule has 0 radical (unpaired) electrons. The summed E-state index contributed by atoms with van der Waals surface area (Å²) in [5.74, 6) is -7.47. The molecule has 0 heterocycles. The molecule has 4 rings (SSSR count). The topological polar surface area (TPSA) is 328 Å². The summed E-state index contributed by atoms with van der Waals surface area (Å²) in [6, 6.07) is 15.5. The van der Waals surface area contributed by atoms with Crippen molar-refractivity contribution in [3.63, 3.8) is 0 Å². The van der Waals surface area contributed by atoms with E-state index in [1.807, 2.05) is 6.92 Å². The van der Waals surface area contributed by atoms with Gasteiger partial charge in [0.15, 0.2) is 0 Å². The monoisotopic (exact) mass is 668 g/mol. The van der Waals surface area contributed by atoms with Crippen LogP contribution in [0.2, 0.25) is 0 Å². The van der Waals surface area contributed by atoms with Crippen molar-refractivity contribution in [2.75, 3.05) is 22.9 Å². The molecule has 4 aromatic rings. The zero-order valence-electron chi connectivity index (χ0n) is 24.7. The number of nitrogen functional groups attached to an aromatic ring is 4. The van der Waals surface area contributed by atoms with Crippen molar-refractivity contribution < 1.29 is 63.8 Å². The number of benzene rings is 4. The van der Waals surface area contributed by atoms with E-state index < -0.39 is 41.6 Å². The summed E-state index contributed by atoms with van der Waals surface area (Å²) in [4.78, 5) is 62.7. The third-order valence-corrected chi connectivity index (χ3v) is 5.78.